The molecule has 88 valence electrons. The fourth-order valence-corrected chi connectivity index (χ4v) is 3.05. The molecule has 0 aromatic carbocycles. The summed E-state index contributed by atoms with van der Waals surface area (Å²) in [6, 6.07) is 0.125. The van der Waals surface area contributed by atoms with Gasteiger partial charge in [-0.2, -0.15) is 0 Å². The third kappa shape index (κ3) is 3.38. The van der Waals surface area contributed by atoms with Crippen molar-refractivity contribution in [1.29, 1.82) is 0 Å². The number of hydrogen-bond acceptors (Lipinski definition) is 3. The van der Waals surface area contributed by atoms with Gasteiger partial charge in [0.15, 0.2) is 0 Å². The lowest BCUT2D eigenvalue weighted by atomic mass is 10.0. The topological polar surface area (TPSA) is 49.3 Å². The van der Waals surface area contributed by atoms with E-state index in [2.05, 4.69) is 5.32 Å². The van der Waals surface area contributed by atoms with E-state index in [9.17, 15) is 4.79 Å². The van der Waals surface area contributed by atoms with Crippen LogP contribution in [0, 0.1) is 0 Å². The monoisotopic (exact) mass is 231 g/mol. The van der Waals surface area contributed by atoms with Crippen molar-refractivity contribution < 1.29 is 9.90 Å². The summed E-state index contributed by atoms with van der Waals surface area (Å²) in [5, 5.41) is 11.9. The summed E-state index contributed by atoms with van der Waals surface area (Å²) < 4.78 is -0.233. The van der Waals surface area contributed by atoms with Crippen LogP contribution in [0.3, 0.4) is 0 Å². The molecule has 2 atom stereocenters. The Labute approximate surface area is 96.0 Å². The molecule has 0 bridgehead atoms. The fraction of sp³-hybridized carbons (Fsp3) is 0.909. The molecule has 1 aliphatic rings. The molecule has 0 aromatic rings. The van der Waals surface area contributed by atoms with E-state index in [1.165, 1.54) is 0 Å². The smallest absolute Gasteiger partial charge is 0.236 e. The second-order valence-electron chi connectivity index (χ2n) is 4.27. The highest BCUT2D eigenvalue weighted by atomic mass is 32.2. The molecule has 3 nitrogen and oxygen atoms in total. The van der Waals surface area contributed by atoms with E-state index in [0.29, 0.717) is 6.42 Å². The molecule has 1 heterocycles. The van der Waals surface area contributed by atoms with Gasteiger partial charge in [-0.1, -0.05) is 6.92 Å². The van der Waals surface area contributed by atoms with Crippen molar-refractivity contribution in [1.82, 2.24) is 5.32 Å². The van der Waals surface area contributed by atoms with E-state index in [4.69, 9.17) is 5.11 Å². The van der Waals surface area contributed by atoms with E-state index in [0.717, 1.165) is 25.0 Å². The zero-order valence-electron chi connectivity index (χ0n) is 9.58. The number of hydrogen-bond donors (Lipinski definition) is 2. The molecule has 0 aliphatic carbocycles. The molecule has 15 heavy (non-hydrogen) atoms. The Kier molecular flexibility index (Phi) is 4.93. The van der Waals surface area contributed by atoms with Gasteiger partial charge in [-0.25, -0.2) is 0 Å². The van der Waals surface area contributed by atoms with Crippen LogP contribution in [0.25, 0.3) is 0 Å². The van der Waals surface area contributed by atoms with Gasteiger partial charge >= 0.3 is 0 Å². The maximum Gasteiger partial charge on any atom is 0.236 e. The maximum atomic E-state index is 12.0. The summed E-state index contributed by atoms with van der Waals surface area (Å²) in [5.41, 5.74) is 0. The minimum Gasteiger partial charge on any atom is -0.396 e. The minimum absolute atomic E-state index is 0.125. The Morgan fingerprint density at radius 2 is 2.40 bits per heavy atom. The van der Waals surface area contributed by atoms with Crippen molar-refractivity contribution >= 4 is 17.7 Å². The molecule has 1 saturated heterocycles. The zero-order chi connectivity index (χ0) is 11.3. The fourth-order valence-electron chi connectivity index (χ4n) is 1.83. The van der Waals surface area contributed by atoms with Crippen molar-refractivity contribution in [3.63, 3.8) is 0 Å². The first-order chi connectivity index (χ1) is 7.12. The highest BCUT2D eigenvalue weighted by molar-refractivity contribution is 8.01. The molecule has 4 heteroatoms. The lowest BCUT2D eigenvalue weighted by Crippen LogP contribution is -2.45. The average Bonchev–Trinajstić information content (AvgIpc) is 2.65. The second kappa shape index (κ2) is 5.75. The number of carbonyl (C=O) groups excluding carboxylic acids is 1. The summed E-state index contributed by atoms with van der Waals surface area (Å²) in [6.07, 6.45) is 3.64. The molecule has 0 saturated carbocycles. The predicted molar refractivity (Wildman–Crippen MR) is 64.0 cm³/mol. The molecule has 1 amide bonds. The van der Waals surface area contributed by atoms with Crippen molar-refractivity contribution in [2.24, 2.45) is 0 Å². The van der Waals surface area contributed by atoms with Gasteiger partial charge in [-0.15, -0.1) is 11.8 Å². The lowest BCUT2D eigenvalue weighted by molar-refractivity contribution is -0.123. The Morgan fingerprint density at radius 1 is 1.67 bits per heavy atom. The summed E-state index contributed by atoms with van der Waals surface area (Å²) in [6.45, 7) is 4.19. The molecular formula is C11H21NO2S. The van der Waals surface area contributed by atoms with Crippen LogP contribution in [0.4, 0.5) is 0 Å². The molecule has 1 rings (SSSR count). The first kappa shape index (κ1) is 12.8. The summed E-state index contributed by atoms with van der Waals surface area (Å²) >= 11 is 1.75. The predicted octanol–water partition coefficient (Wildman–Crippen LogP) is 1.55. The van der Waals surface area contributed by atoms with Crippen LogP contribution in [-0.4, -0.2) is 34.2 Å². The van der Waals surface area contributed by atoms with Crippen LogP contribution in [0.2, 0.25) is 0 Å². The second-order valence-corrected chi connectivity index (χ2v) is 5.87. The van der Waals surface area contributed by atoms with Gasteiger partial charge in [-0.05, 0) is 38.4 Å². The number of aliphatic hydroxyl groups excluding tert-OH is 1. The quantitative estimate of drug-likeness (QED) is 0.755. The van der Waals surface area contributed by atoms with Gasteiger partial charge in [0.25, 0.3) is 0 Å². The van der Waals surface area contributed by atoms with Crippen LogP contribution in [0.15, 0.2) is 0 Å². The number of nitrogens with one attached hydrogen (secondary N) is 1. The lowest BCUT2D eigenvalue weighted by Gasteiger charge is -2.25. The standard InChI is InChI=1S/C11H21NO2S/c1-3-9(5-7-13)12-10(14)11(2)6-4-8-15-11/h9,13H,3-8H2,1-2H3,(H,12,14). The Balaban J connectivity index is 2.45. The highest BCUT2D eigenvalue weighted by Gasteiger charge is 2.37. The first-order valence-electron chi connectivity index (χ1n) is 5.68. The van der Waals surface area contributed by atoms with E-state index >= 15 is 0 Å². The van der Waals surface area contributed by atoms with Crippen molar-refractivity contribution in [2.45, 2.75) is 50.3 Å². The normalized spacial score (nSPS) is 27.7. The number of rotatable bonds is 5. The average molecular weight is 231 g/mol. The maximum absolute atomic E-state index is 12.0. The molecule has 2 N–H and O–H groups in total. The SMILES string of the molecule is CCC(CCO)NC(=O)C1(C)CCCS1. The highest BCUT2D eigenvalue weighted by Crippen LogP contribution is 2.37. The molecular weight excluding hydrogens is 210 g/mol. The Morgan fingerprint density at radius 3 is 2.87 bits per heavy atom. The van der Waals surface area contributed by atoms with Gasteiger partial charge in [-0.3, -0.25) is 4.79 Å². The molecule has 1 fully saturated rings. The van der Waals surface area contributed by atoms with Crippen LogP contribution < -0.4 is 5.32 Å². The Hall–Kier alpha value is -0.220. The van der Waals surface area contributed by atoms with Gasteiger partial charge in [0.05, 0.1) is 4.75 Å². The zero-order valence-corrected chi connectivity index (χ0v) is 10.4. The molecule has 0 aromatic heterocycles. The van der Waals surface area contributed by atoms with Crippen LogP contribution in [-0.2, 0) is 4.79 Å². The molecule has 1 aliphatic heterocycles. The van der Waals surface area contributed by atoms with Crippen LogP contribution in [0.5, 0.6) is 0 Å². The summed E-state index contributed by atoms with van der Waals surface area (Å²) in [5.74, 6) is 1.23. The third-order valence-corrected chi connectivity index (χ3v) is 4.52. The summed E-state index contributed by atoms with van der Waals surface area (Å²) in [4.78, 5) is 12.0. The largest absolute Gasteiger partial charge is 0.396 e. The van der Waals surface area contributed by atoms with E-state index < -0.39 is 0 Å². The van der Waals surface area contributed by atoms with Gasteiger partial charge in [0.1, 0.15) is 0 Å². The van der Waals surface area contributed by atoms with Crippen molar-refractivity contribution in [3.8, 4) is 0 Å². The van der Waals surface area contributed by atoms with Gasteiger partial charge in [0.2, 0.25) is 5.91 Å². The van der Waals surface area contributed by atoms with Crippen LogP contribution >= 0.6 is 11.8 Å². The Bertz CT molecular complexity index is 215. The minimum atomic E-state index is -0.233. The number of carbonyl (C=O) groups is 1. The number of aliphatic hydroxyl groups is 1. The number of amides is 1. The third-order valence-electron chi connectivity index (χ3n) is 3.00. The number of thioether (sulfide) groups is 1. The molecule has 2 unspecified atom stereocenters. The van der Waals surface area contributed by atoms with Gasteiger partial charge in [0, 0.05) is 12.6 Å². The van der Waals surface area contributed by atoms with E-state index in [1.807, 2.05) is 13.8 Å². The molecule has 0 spiro atoms. The molecule has 0 radical (unpaired) electrons. The van der Waals surface area contributed by atoms with E-state index in [1.54, 1.807) is 11.8 Å². The van der Waals surface area contributed by atoms with Crippen molar-refractivity contribution in [3.05, 3.63) is 0 Å². The van der Waals surface area contributed by atoms with Crippen molar-refractivity contribution in [2.75, 3.05) is 12.4 Å². The van der Waals surface area contributed by atoms with Gasteiger partial charge < -0.3 is 10.4 Å². The van der Waals surface area contributed by atoms with Crippen LogP contribution in [0.1, 0.15) is 39.5 Å². The first-order valence-corrected chi connectivity index (χ1v) is 6.66. The van der Waals surface area contributed by atoms with E-state index in [-0.39, 0.29) is 23.3 Å². The summed E-state index contributed by atoms with van der Waals surface area (Å²) in [7, 11) is 0.